The van der Waals surface area contributed by atoms with Gasteiger partial charge in [-0.05, 0) is 12.1 Å². The van der Waals surface area contributed by atoms with Gasteiger partial charge in [0, 0.05) is 21.1 Å². The lowest BCUT2D eigenvalue weighted by atomic mass is 10.2. The summed E-state index contributed by atoms with van der Waals surface area (Å²) in [6.07, 6.45) is 2.74. The number of nitrogens with zero attached hydrogens (tertiary/aromatic N) is 6. The van der Waals surface area contributed by atoms with Crippen molar-refractivity contribution in [2.75, 3.05) is 24.3 Å². The molecule has 10 heteroatoms. The second kappa shape index (κ2) is 5.65. The van der Waals surface area contributed by atoms with Crippen molar-refractivity contribution in [3.05, 3.63) is 35.8 Å². The van der Waals surface area contributed by atoms with E-state index in [1.54, 1.807) is 23.2 Å². The molecule has 24 heavy (non-hydrogen) atoms. The molecule has 3 heterocycles. The minimum atomic E-state index is -1.21. The maximum atomic E-state index is 12.4. The summed E-state index contributed by atoms with van der Waals surface area (Å²) >= 11 is 0. The molecule has 0 bridgehead atoms. The molecule has 0 unspecified atom stereocenters. The molecule has 10 nitrogen and oxygen atoms in total. The van der Waals surface area contributed by atoms with Crippen molar-refractivity contribution in [2.24, 2.45) is 7.05 Å². The summed E-state index contributed by atoms with van der Waals surface area (Å²) in [6.45, 7) is 0. The highest BCUT2D eigenvalue weighted by molar-refractivity contribution is 6.09. The van der Waals surface area contributed by atoms with Crippen molar-refractivity contribution in [2.45, 2.75) is 0 Å². The molecule has 0 saturated carbocycles. The molecule has 124 valence electrons. The Hall–Kier alpha value is -3.43. The van der Waals surface area contributed by atoms with Crippen LogP contribution in [-0.4, -0.2) is 55.5 Å². The first kappa shape index (κ1) is 15.5. The highest BCUT2D eigenvalue weighted by Crippen LogP contribution is 2.15. The Morgan fingerprint density at radius 1 is 1.29 bits per heavy atom. The van der Waals surface area contributed by atoms with Gasteiger partial charge in [-0.15, -0.1) is 5.10 Å². The lowest BCUT2D eigenvalue weighted by Crippen LogP contribution is -2.19. The van der Waals surface area contributed by atoms with Crippen LogP contribution in [0.5, 0.6) is 0 Å². The molecule has 0 atom stereocenters. The number of aryl methyl sites for hydroxylation is 1. The molecule has 0 saturated heterocycles. The predicted octanol–water partition coefficient (Wildman–Crippen LogP) is 0.479. The highest BCUT2D eigenvalue weighted by Gasteiger charge is 2.21. The van der Waals surface area contributed by atoms with Crippen LogP contribution in [-0.2, 0) is 7.05 Å². The molecule has 0 spiro atoms. The molecule has 0 aliphatic rings. The zero-order valence-electron chi connectivity index (χ0n) is 13.3. The Labute approximate surface area is 136 Å². The number of anilines is 2. The van der Waals surface area contributed by atoms with E-state index in [0.29, 0.717) is 17.3 Å². The maximum absolute atomic E-state index is 12.4. The minimum Gasteiger partial charge on any atom is -0.478 e. The normalized spacial score (nSPS) is 10.8. The van der Waals surface area contributed by atoms with Crippen LogP contribution in [0.15, 0.2) is 24.5 Å². The SMILES string of the molecule is CN(C)c1nc2ccc(NC(=O)c3c(C(=O)O)cnn3C)cn2n1. The molecule has 3 aromatic heterocycles. The van der Waals surface area contributed by atoms with E-state index in [1.807, 2.05) is 14.1 Å². The van der Waals surface area contributed by atoms with Gasteiger partial charge in [-0.1, -0.05) is 0 Å². The van der Waals surface area contributed by atoms with Gasteiger partial charge >= 0.3 is 5.97 Å². The zero-order valence-corrected chi connectivity index (χ0v) is 13.3. The number of pyridine rings is 1. The van der Waals surface area contributed by atoms with E-state index in [0.717, 1.165) is 6.20 Å². The number of hydrogen-bond acceptors (Lipinski definition) is 6. The average molecular weight is 329 g/mol. The van der Waals surface area contributed by atoms with Gasteiger partial charge in [-0.2, -0.15) is 10.1 Å². The van der Waals surface area contributed by atoms with E-state index in [1.165, 1.54) is 16.2 Å². The summed E-state index contributed by atoms with van der Waals surface area (Å²) in [7, 11) is 5.16. The Bertz CT molecular complexity index is 941. The summed E-state index contributed by atoms with van der Waals surface area (Å²) in [5.41, 5.74) is 0.894. The number of aromatic carboxylic acids is 1. The summed E-state index contributed by atoms with van der Waals surface area (Å²) in [5.74, 6) is -1.24. The summed E-state index contributed by atoms with van der Waals surface area (Å²) in [4.78, 5) is 29.6. The molecule has 3 rings (SSSR count). The van der Waals surface area contributed by atoms with Gasteiger partial charge < -0.3 is 15.3 Å². The molecule has 0 aliphatic carbocycles. The summed E-state index contributed by atoms with van der Waals surface area (Å²) in [5, 5.41) is 19.9. The van der Waals surface area contributed by atoms with E-state index in [2.05, 4.69) is 20.5 Å². The van der Waals surface area contributed by atoms with Crippen LogP contribution < -0.4 is 10.2 Å². The van der Waals surface area contributed by atoms with E-state index in [4.69, 9.17) is 5.11 Å². The standard InChI is InChI=1S/C14H15N7O3/c1-19(2)14-17-10-5-4-8(7-21(10)18-14)16-12(22)11-9(13(23)24)6-15-20(11)3/h4-7H,1-3H3,(H,16,22)(H,23,24). The molecular formula is C14H15N7O3. The van der Waals surface area contributed by atoms with Gasteiger partial charge in [-0.3, -0.25) is 9.48 Å². The largest absolute Gasteiger partial charge is 0.478 e. The molecule has 0 fully saturated rings. The number of rotatable bonds is 4. The number of carbonyl (C=O) groups is 2. The number of aromatic nitrogens is 5. The van der Waals surface area contributed by atoms with Gasteiger partial charge in [0.25, 0.3) is 5.91 Å². The van der Waals surface area contributed by atoms with Crippen molar-refractivity contribution in [3.8, 4) is 0 Å². The van der Waals surface area contributed by atoms with Crippen LogP contribution in [0.4, 0.5) is 11.6 Å². The Kier molecular flexibility index (Phi) is 3.64. The van der Waals surface area contributed by atoms with Crippen LogP contribution in [0.25, 0.3) is 5.65 Å². The van der Waals surface area contributed by atoms with Gasteiger partial charge in [0.15, 0.2) is 5.65 Å². The quantitative estimate of drug-likeness (QED) is 0.714. The fraction of sp³-hybridized carbons (Fsp3) is 0.214. The lowest BCUT2D eigenvalue weighted by Gasteiger charge is -2.06. The van der Waals surface area contributed by atoms with Crippen molar-refractivity contribution in [1.82, 2.24) is 24.4 Å². The second-order valence-corrected chi connectivity index (χ2v) is 5.32. The lowest BCUT2D eigenvalue weighted by molar-refractivity contribution is 0.0692. The van der Waals surface area contributed by atoms with E-state index < -0.39 is 11.9 Å². The van der Waals surface area contributed by atoms with Crippen molar-refractivity contribution in [3.63, 3.8) is 0 Å². The first-order chi connectivity index (χ1) is 11.4. The minimum absolute atomic E-state index is 0.0323. The fourth-order valence-corrected chi connectivity index (χ4v) is 2.19. The van der Waals surface area contributed by atoms with E-state index >= 15 is 0 Å². The number of amides is 1. The number of nitrogens with one attached hydrogen (secondary N) is 1. The third-order valence-electron chi connectivity index (χ3n) is 3.36. The first-order valence-electron chi connectivity index (χ1n) is 6.97. The molecule has 1 amide bonds. The highest BCUT2D eigenvalue weighted by atomic mass is 16.4. The molecule has 3 aromatic rings. The number of hydrogen-bond donors (Lipinski definition) is 2. The summed E-state index contributed by atoms with van der Waals surface area (Å²) < 4.78 is 2.75. The monoisotopic (exact) mass is 329 g/mol. The van der Waals surface area contributed by atoms with Gasteiger partial charge in [0.2, 0.25) is 5.95 Å². The van der Waals surface area contributed by atoms with Crippen molar-refractivity contribution < 1.29 is 14.7 Å². The van der Waals surface area contributed by atoms with Crippen LogP contribution in [0.2, 0.25) is 0 Å². The summed E-state index contributed by atoms with van der Waals surface area (Å²) in [6, 6.07) is 3.37. The second-order valence-electron chi connectivity index (χ2n) is 5.32. The van der Waals surface area contributed by atoms with Crippen molar-refractivity contribution >= 4 is 29.2 Å². The van der Waals surface area contributed by atoms with E-state index in [9.17, 15) is 9.59 Å². The van der Waals surface area contributed by atoms with Gasteiger partial charge in [0.05, 0.1) is 18.1 Å². The molecule has 2 N–H and O–H groups in total. The number of carbonyl (C=O) groups excluding carboxylic acids is 1. The Morgan fingerprint density at radius 2 is 2.04 bits per heavy atom. The smallest absolute Gasteiger partial charge is 0.339 e. The maximum Gasteiger partial charge on any atom is 0.339 e. The first-order valence-corrected chi connectivity index (χ1v) is 6.97. The van der Waals surface area contributed by atoms with E-state index in [-0.39, 0.29) is 11.3 Å². The van der Waals surface area contributed by atoms with Crippen LogP contribution >= 0.6 is 0 Å². The van der Waals surface area contributed by atoms with Crippen LogP contribution in [0.3, 0.4) is 0 Å². The average Bonchev–Trinajstić information content (AvgIpc) is 3.10. The number of carboxylic acids is 1. The number of carboxylic acid groups (broad SMARTS) is 1. The molecule has 0 radical (unpaired) electrons. The third-order valence-corrected chi connectivity index (χ3v) is 3.36. The zero-order chi connectivity index (χ0) is 17.4. The molecular weight excluding hydrogens is 314 g/mol. The van der Waals surface area contributed by atoms with Gasteiger partial charge in [0.1, 0.15) is 11.3 Å². The van der Waals surface area contributed by atoms with Crippen LogP contribution in [0.1, 0.15) is 20.8 Å². The van der Waals surface area contributed by atoms with Gasteiger partial charge in [-0.25, -0.2) is 9.31 Å². The third kappa shape index (κ3) is 2.64. The topological polar surface area (TPSA) is 118 Å². The Morgan fingerprint density at radius 3 is 2.71 bits per heavy atom. The predicted molar refractivity (Wildman–Crippen MR) is 85.4 cm³/mol. The molecule has 0 aromatic carbocycles. The van der Waals surface area contributed by atoms with Crippen molar-refractivity contribution in [1.29, 1.82) is 0 Å². The fourth-order valence-electron chi connectivity index (χ4n) is 2.19. The Balaban J connectivity index is 1.91. The van der Waals surface area contributed by atoms with Crippen LogP contribution in [0, 0.1) is 0 Å². The number of fused-ring (bicyclic) bond motifs is 1. The molecule has 0 aliphatic heterocycles.